The topological polar surface area (TPSA) is 67.1 Å². The van der Waals surface area contributed by atoms with Crippen LogP contribution in [0.2, 0.25) is 0 Å². The van der Waals surface area contributed by atoms with E-state index in [9.17, 15) is 0 Å². The molecule has 7 heteroatoms. The zero-order valence-corrected chi connectivity index (χ0v) is 17.7. The molecule has 0 radical (unpaired) electrons. The summed E-state index contributed by atoms with van der Waals surface area (Å²) in [5.41, 5.74) is 3.56. The number of nitrogens with one attached hydrogen (secondary N) is 2. The predicted octanol–water partition coefficient (Wildman–Crippen LogP) is 2.84. The number of pyridine rings is 1. The molecular formula is C20H25IN6. The molecule has 3 rings (SSSR count). The minimum atomic E-state index is 0. The summed E-state index contributed by atoms with van der Waals surface area (Å²) in [5, 5.41) is 10.9. The molecule has 0 amide bonds. The second-order valence-corrected chi connectivity index (χ2v) is 5.90. The smallest absolute Gasteiger partial charge is 0.190 e. The lowest BCUT2D eigenvalue weighted by Crippen LogP contribution is -2.39. The highest BCUT2D eigenvalue weighted by Gasteiger charge is 2.00. The number of halogens is 1. The summed E-state index contributed by atoms with van der Waals surface area (Å²) in [6.45, 7) is 1.65. The first-order valence-electron chi connectivity index (χ1n) is 8.77. The standard InChI is InChI=1S/C20H24N6.HI/c1-21-20(24-14-10-18-4-2-11-22-16-18)23-13-9-17-5-7-19(8-6-17)26-15-3-12-25-26;/h2-8,11-12,15-16H,9-10,13-14H2,1H3,(H2,21,23,24);1H. The number of hydrogen-bond donors (Lipinski definition) is 2. The van der Waals surface area contributed by atoms with Crippen LogP contribution in [0.4, 0.5) is 0 Å². The first-order valence-corrected chi connectivity index (χ1v) is 8.77. The largest absolute Gasteiger partial charge is 0.356 e. The van der Waals surface area contributed by atoms with E-state index in [1.54, 1.807) is 19.4 Å². The van der Waals surface area contributed by atoms with Gasteiger partial charge in [0.25, 0.3) is 0 Å². The molecule has 0 aliphatic rings. The van der Waals surface area contributed by atoms with Gasteiger partial charge in [0.1, 0.15) is 0 Å². The van der Waals surface area contributed by atoms with E-state index in [0.29, 0.717) is 0 Å². The molecule has 27 heavy (non-hydrogen) atoms. The monoisotopic (exact) mass is 476 g/mol. The lowest BCUT2D eigenvalue weighted by atomic mass is 10.1. The zero-order chi connectivity index (χ0) is 18.0. The van der Waals surface area contributed by atoms with E-state index in [-0.39, 0.29) is 24.0 Å². The summed E-state index contributed by atoms with van der Waals surface area (Å²) in [7, 11) is 1.79. The SMILES string of the molecule is CN=C(NCCc1ccc(-n2cccn2)cc1)NCCc1cccnc1.I. The Morgan fingerprint density at radius 1 is 0.963 bits per heavy atom. The molecule has 142 valence electrons. The van der Waals surface area contributed by atoms with Gasteiger partial charge in [0.05, 0.1) is 5.69 Å². The maximum atomic E-state index is 4.27. The average Bonchev–Trinajstić information content (AvgIpc) is 3.23. The maximum Gasteiger partial charge on any atom is 0.190 e. The normalized spacial score (nSPS) is 10.9. The summed E-state index contributed by atoms with van der Waals surface area (Å²) in [5.74, 6) is 0.821. The van der Waals surface area contributed by atoms with E-state index in [2.05, 4.69) is 56.0 Å². The van der Waals surface area contributed by atoms with Gasteiger partial charge in [-0.1, -0.05) is 18.2 Å². The minimum Gasteiger partial charge on any atom is -0.356 e. The van der Waals surface area contributed by atoms with Gasteiger partial charge in [0.15, 0.2) is 5.96 Å². The van der Waals surface area contributed by atoms with Gasteiger partial charge in [-0.05, 0) is 48.2 Å². The number of aliphatic imine (C=N–C) groups is 1. The van der Waals surface area contributed by atoms with Gasteiger partial charge in [0, 0.05) is 44.9 Å². The summed E-state index contributed by atoms with van der Waals surface area (Å²) in [4.78, 5) is 8.39. The molecule has 0 spiro atoms. The van der Waals surface area contributed by atoms with Crippen molar-refractivity contribution in [2.45, 2.75) is 12.8 Å². The number of benzene rings is 1. The van der Waals surface area contributed by atoms with Crippen LogP contribution in [0.1, 0.15) is 11.1 Å². The van der Waals surface area contributed by atoms with E-state index in [4.69, 9.17) is 0 Å². The third kappa shape index (κ3) is 6.67. The van der Waals surface area contributed by atoms with Gasteiger partial charge < -0.3 is 10.6 Å². The average molecular weight is 476 g/mol. The fourth-order valence-electron chi connectivity index (χ4n) is 2.65. The lowest BCUT2D eigenvalue weighted by molar-refractivity contribution is 0.782. The van der Waals surface area contributed by atoms with Crippen molar-refractivity contribution >= 4 is 29.9 Å². The van der Waals surface area contributed by atoms with E-state index in [1.807, 2.05) is 29.2 Å². The third-order valence-corrected chi connectivity index (χ3v) is 4.06. The Morgan fingerprint density at radius 2 is 1.70 bits per heavy atom. The lowest BCUT2D eigenvalue weighted by Gasteiger charge is -2.12. The third-order valence-electron chi connectivity index (χ3n) is 4.06. The highest BCUT2D eigenvalue weighted by molar-refractivity contribution is 14.0. The van der Waals surface area contributed by atoms with Crippen molar-refractivity contribution in [2.24, 2.45) is 4.99 Å². The van der Waals surface area contributed by atoms with Crippen molar-refractivity contribution in [1.29, 1.82) is 0 Å². The Morgan fingerprint density at radius 3 is 2.30 bits per heavy atom. The van der Waals surface area contributed by atoms with Crippen LogP contribution in [-0.2, 0) is 12.8 Å². The van der Waals surface area contributed by atoms with E-state index < -0.39 is 0 Å². The van der Waals surface area contributed by atoms with Crippen molar-refractivity contribution in [2.75, 3.05) is 20.1 Å². The highest BCUT2D eigenvalue weighted by Crippen LogP contribution is 2.08. The van der Waals surface area contributed by atoms with Crippen LogP contribution in [0.15, 0.2) is 72.2 Å². The Bertz CT molecular complexity index is 800. The molecular weight excluding hydrogens is 451 g/mol. The summed E-state index contributed by atoms with van der Waals surface area (Å²) >= 11 is 0. The van der Waals surface area contributed by atoms with Crippen LogP contribution in [0.3, 0.4) is 0 Å². The molecule has 0 bridgehead atoms. The number of aromatic nitrogens is 3. The Kier molecular flexibility index (Phi) is 8.76. The Balaban J connectivity index is 0.00000261. The second kappa shape index (κ2) is 11.3. The first-order chi connectivity index (χ1) is 12.8. The fourth-order valence-corrected chi connectivity index (χ4v) is 2.65. The van der Waals surface area contributed by atoms with Crippen LogP contribution in [-0.4, -0.2) is 40.9 Å². The Hall–Kier alpha value is -2.42. The van der Waals surface area contributed by atoms with E-state index >= 15 is 0 Å². The van der Waals surface area contributed by atoms with Gasteiger partial charge >= 0.3 is 0 Å². The number of rotatable bonds is 7. The van der Waals surface area contributed by atoms with Gasteiger partial charge in [-0.2, -0.15) is 5.10 Å². The van der Waals surface area contributed by atoms with Crippen LogP contribution < -0.4 is 10.6 Å². The van der Waals surface area contributed by atoms with Gasteiger partial charge in [-0.3, -0.25) is 9.98 Å². The maximum absolute atomic E-state index is 4.27. The van der Waals surface area contributed by atoms with Crippen molar-refractivity contribution in [3.8, 4) is 5.69 Å². The van der Waals surface area contributed by atoms with E-state index in [1.165, 1.54) is 11.1 Å². The molecule has 1 aromatic carbocycles. The minimum absolute atomic E-state index is 0. The molecule has 2 N–H and O–H groups in total. The fraction of sp³-hybridized carbons (Fsp3) is 0.250. The zero-order valence-electron chi connectivity index (χ0n) is 15.4. The molecule has 0 atom stereocenters. The van der Waals surface area contributed by atoms with Crippen LogP contribution in [0.25, 0.3) is 5.69 Å². The van der Waals surface area contributed by atoms with Crippen LogP contribution in [0, 0.1) is 0 Å². The quantitative estimate of drug-likeness (QED) is 0.313. The number of hydrogen-bond acceptors (Lipinski definition) is 3. The predicted molar refractivity (Wildman–Crippen MR) is 120 cm³/mol. The summed E-state index contributed by atoms with van der Waals surface area (Å²) < 4.78 is 1.86. The molecule has 0 saturated heterocycles. The molecule has 3 aromatic rings. The van der Waals surface area contributed by atoms with Crippen molar-refractivity contribution in [3.05, 3.63) is 78.4 Å². The first kappa shape index (κ1) is 20.9. The molecule has 0 aliphatic carbocycles. The number of nitrogens with zero attached hydrogens (tertiary/aromatic N) is 4. The molecule has 0 fully saturated rings. The van der Waals surface area contributed by atoms with Gasteiger partial charge in [-0.15, -0.1) is 24.0 Å². The van der Waals surface area contributed by atoms with Crippen molar-refractivity contribution in [3.63, 3.8) is 0 Å². The summed E-state index contributed by atoms with van der Waals surface area (Å²) in [6.07, 6.45) is 9.26. The molecule has 0 saturated carbocycles. The van der Waals surface area contributed by atoms with Gasteiger partial charge in [0.2, 0.25) is 0 Å². The van der Waals surface area contributed by atoms with Gasteiger partial charge in [-0.25, -0.2) is 4.68 Å². The molecule has 0 unspecified atom stereocenters. The van der Waals surface area contributed by atoms with Crippen molar-refractivity contribution < 1.29 is 0 Å². The Labute approximate surface area is 177 Å². The summed E-state index contributed by atoms with van der Waals surface area (Å²) in [6, 6.07) is 14.4. The molecule has 2 aromatic heterocycles. The number of guanidine groups is 1. The molecule has 2 heterocycles. The van der Waals surface area contributed by atoms with Crippen LogP contribution in [0.5, 0.6) is 0 Å². The van der Waals surface area contributed by atoms with Crippen molar-refractivity contribution in [1.82, 2.24) is 25.4 Å². The van der Waals surface area contributed by atoms with E-state index in [0.717, 1.165) is 37.6 Å². The molecule has 0 aliphatic heterocycles. The highest BCUT2D eigenvalue weighted by atomic mass is 127. The molecule has 6 nitrogen and oxygen atoms in total. The second-order valence-electron chi connectivity index (χ2n) is 5.90. The van der Waals surface area contributed by atoms with Crippen LogP contribution >= 0.6 is 24.0 Å².